The van der Waals surface area contributed by atoms with Crippen LogP contribution in [0, 0.1) is 13.8 Å². The fraction of sp³-hybridized carbons (Fsp3) is 0.0833. The number of rotatable bonds is 3. The Morgan fingerprint density at radius 2 is 1.68 bits per heavy atom. The van der Waals surface area contributed by atoms with Gasteiger partial charge in [0.15, 0.2) is 0 Å². The lowest BCUT2D eigenvalue weighted by molar-refractivity contribution is 0.102. The first-order valence-electron chi connectivity index (χ1n) is 9.04. The van der Waals surface area contributed by atoms with Crippen LogP contribution in [0.5, 0.6) is 0 Å². The summed E-state index contributed by atoms with van der Waals surface area (Å²) in [6, 6.07) is 22.0. The molecule has 4 heteroatoms. The second kappa shape index (κ2) is 7.16. The van der Waals surface area contributed by atoms with Crippen molar-refractivity contribution in [1.29, 1.82) is 0 Å². The molecule has 4 aromatic rings. The van der Waals surface area contributed by atoms with Gasteiger partial charge in [0.1, 0.15) is 5.58 Å². The van der Waals surface area contributed by atoms with Crippen molar-refractivity contribution in [3.8, 4) is 11.1 Å². The van der Waals surface area contributed by atoms with Crippen LogP contribution in [0.1, 0.15) is 21.5 Å². The van der Waals surface area contributed by atoms with Crippen molar-refractivity contribution in [2.45, 2.75) is 13.8 Å². The lowest BCUT2D eigenvalue weighted by Gasteiger charge is -2.11. The van der Waals surface area contributed by atoms with Crippen LogP contribution in [-0.2, 0) is 0 Å². The summed E-state index contributed by atoms with van der Waals surface area (Å²) in [6.07, 6.45) is 0. The van der Waals surface area contributed by atoms with Gasteiger partial charge in [0.25, 0.3) is 5.91 Å². The average Bonchev–Trinajstić information content (AvgIpc) is 2.71. The van der Waals surface area contributed by atoms with Crippen LogP contribution in [0.3, 0.4) is 0 Å². The summed E-state index contributed by atoms with van der Waals surface area (Å²) in [4.78, 5) is 25.2. The Morgan fingerprint density at radius 1 is 0.893 bits per heavy atom. The molecule has 0 fully saturated rings. The van der Waals surface area contributed by atoms with Gasteiger partial charge in [-0.2, -0.15) is 0 Å². The number of fused-ring (bicyclic) bond motifs is 1. The summed E-state index contributed by atoms with van der Waals surface area (Å²) in [6.45, 7) is 3.98. The SMILES string of the molecule is Cc1cccc(NC(=O)c2cccc(-c3cc4ccccc4oc3=O)c2)c1C. The monoisotopic (exact) mass is 369 g/mol. The van der Waals surface area contributed by atoms with Crippen molar-refractivity contribution in [2.75, 3.05) is 5.32 Å². The molecule has 1 aromatic heterocycles. The number of amides is 1. The topological polar surface area (TPSA) is 59.3 Å². The number of nitrogens with one attached hydrogen (secondary N) is 1. The Bertz CT molecular complexity index is 1250. The smallest absolute Gasteiger partial charge is 0.344 e. The van der Waals surface area contributed by atoms with Gasteiger partial charge in [0.2, 0.25) is 0 Å². The fourth-order valence-electron chi connectivity index (χ4n) is 3.17. The Kier molecular flexibility index (Phi) is 4.53. The van der Waals surface area contributed by atoms with E-state index in [4.69, 9.17) is 4.42 Å². The van der Waals surface area contributed by atoms with Crippen molar-refractivity contribution in [2.24, 2.45) is 0 Å². The van der Waals surface area contributed by atoms with Crippen molar-refractivity contribution in [3.05, 3.63) is 99.9 Å². The van der Waals surface area contributed by atoms with Gasteiger partial charge in [-0.1, -0.05) is 42.5 Å². The number of carbonyl (C=O) groups excluding carboxylic acids is 1. The van der Waals surface area contributed by atoms with E-state index in [-0.39, 0.29) is 5.91 Å². The molecule has 0 radical (unpaired) electrons. The molecule has 0 unspecified atom stereocenters. The molecule has 1 heterocycles. The summed E-state index contributed by atoms with van der Waals surface area (Å²) in [5.41, 5.74) is 4.59. The molecule has 1 N–H and O–H groups in total. The molecule has 0 bridgehead atoms. The van der Waals surface area contributed by atoms with Crippen molar-refractivity contribution in [1.82, 2.24) is 0 Å². The molecule has 0 spiro atoms. The predicted molar refractivity (Wildman–Crippen MR) is 112 cm³/mol. The molecule has 0 saturated heterocycles. The first-order chi connectivity index (χ1) is 13.5. The summed E-state index contributed by atoms with van der Waals surface area (Å²) < 4.78 is 5.42. The maximum absolute atomic E-state index is 12.7. The van der Waals surface area contributed by atoms with Crippen LogP contribution in [-0.4, -0.2) is 5.91 Å². The molecule has 0 aliphatic carbocycles. The van der Waals surface area contributed by atoms with Gasteiger partial charge in [-0.15, -0.1) is 0 Å². The number of hydrogen-bond acceptors (Lipinski definition) is 3. The molecule has 4 nitrogen and oxygen atoms in total. The quantitative estimate of drug-likeness (QED) is 0.497. The van der Waals surface area contributed by atoms with Crippen LogP contribution in [0.25, 0.3) is 22.1 Å². The van der Waals surface area contributed by atoms with Gasteiger partial charge in [-0.05, 0) is 60.9 Å². The Hall–Kier alpha value is -3.66. The second-order valence-corrected chi connectivity index (χ2v) is 6.77. The Balaban J connectivity index is 1.70. The van der Waals surface area contributed by atoms with E-state index in [0.29, 0.717) is 22.3 Å². The lowest BCUT2D eigenvalue weighted by Crippen LogP contribution is -2.13. The minimum atomic E-state index is -0.425. The number of anilines is 1. The van der Waals surface area contributed by atoms with Gasteiger partial charge in [0, 0.05) is 16.6 Å². The van der Waals surface area contributed by atoms with Gasteiger partial charge in [-0.3, -0.25) is 4.79 Å². The number of para-hydroxylation sites is 1. The van der Waals surface area contributed by atoms with Crippen LogP contribution in [0.4, 0.5) is 5.69 Å². The maximum atomic E-state index is 12.7. The third-order valence-corrected chi connectivity index (χ3v) is 4.93. The van der Waals surface area contributed by atoms with Crippen LogP contribution in [0.15, 0.2) is 82.0 Å². The highest BCUT2D eigenvalue weighted by Crippen LogP contribution is 2.23. The molecular weight excluding hydrogens is 350 g/mol. The number of benzene rings is 3. The highest BCUT2D eigenvalue weighted by atomic mass is 16.4. The predicted octanol–water partition coefficient (Wildman–Crippen LogP) is 5.33. The Labute approximate surface area is 162 Å². The average molecular weight is 369 g/mol. The molecule has 0 aliphatic rings. The third kappa shape index (κ3) is 3.32. The summed E-state index contributed by atoms with van der Waals surface area (Å²) in [7, 11) is 0. The van der Waals surface area contributed by atoms with E-state index in [1.54, 1.807) is 36.4 Å². The zero-order valence-electron chi connectivity index (χ0n) is 15.7. The second-order valence-electron chi connectivity index (χ2n) is 6.77. The van der Waals surface area contributed by atoms with Crippen LogP contribution >= 0.6 is 0 Å². The van der Waals surface area contributed by atoms with Gasteiger partial charge in [0.05, 0.1) is 5.56 Å². The van der Waals surface area contributed by atoms with E-state index in [1.165, 1.54) is 0 Å². The molecule has 0 atom stereocenters. The van der Waals surface area contributed by atoms with Gasteiger partial charge >= 0.3 is 5.63 Å². The zero-order valence-corrected chi connectivity index (χ0v) is 15.7. The van der Waals surface area contributed by atoms with Crippen LogP contribution < -0.4 is 10.9 Å². The normalized spacial score (nSPS) is 10.8. The highest BCUT2D eigenvalue weighted by Gasteiger charge is 2.12. The zero-order chi connectivity index (χ0) is 19.7. The highest BCUT2D eigenvalue weighted by molar-refractivity contribution is 6.05. The molecule has 138 valence electrons. The van der Waals surface area contributed by atoms with E-state index in [2.05, 4.69) is 5.32 Å². The first kappa shape index (κ1) is 17.7. The van der Waals surface area contributed by atoms with Gasteiger partial charge < -0.3 is 9.73 Å². The molecule has 0 aliphatic heterocycles. The molecular formula is C24H19NO3. The maximum Gasteiger partial charge on any atom is 0.344 e. The van der Waals surface area contributed by atoms with E-state index in [9.17, 15) is 9.59 Å². The standard InChI is InChI=1S/C24H19NO3/c1-15-7-5-11-21(16(15)2)25-23(26)19-10-6-9-17(13-19)20-14-18-8-3-4-12-22(18)28-24(20)27/h3-14H,1-2H3,(H,25,26). The summed E-state index contributed by atoms with van der Waals surface area (Å²) in [5.74, 6) is -0.222. The summed E-state index contributed by atoms with van der Waals surface area (Å²) in [5, 5.41) is 3.79. The number of carbonyl (C=O) groups is 1. The van der Waals surface area contributed by atoms with Crippen LogP contribution in [0.2, 0.25) is 0 Å². The Morgan fingerprint density at radius 3 is 2.54 bits per heavy atom. The fourth-order valence-corrected chi connectivity index (χ4v) is 3.17. The first-order valence-corrected chi connectivity index (χ1v) is 9.04. The summed E-state index contributed by atoms with van der Waals surface area (Å²) >= 11 is 0. The number of hydrogen-bond donors (Lipinski definition) is 1. The lowest BCUT2D eigenvalue weighted by atomic mass is 10.0. The van der Waals surface area contributed by atoms with E-state index < -0.39 is 5.63 Å². The molecule has 28 heavy (non-hydrogen) atoms. The molecule has 3 aromatic carbocycles. The van der Waals surface area contributed by atoms with E-state index in [0.717, 1.165) is 22.2 Å². The van der Waals surface area contributed by atoms with E-state index in [1.807, 2.05) is 50.2 Å². The molecule has 1 amide bonds. The minimum Gasteiger partial charge on any atom is -0.422 e. The van der Waals surface area contributed by atoms with Crippen molar-refractivity contribution < 1.29 is 9.21 Å². The van der Waals surface area contributed by atoms with E-state index >= 15 is 0 Å². The molecule has 4 rings (SSSR count). The minimum absolute atomic E-state index is 0.222. The van der Waals surface area contributed by atoms with Crippen molar-refractivity contribution in [3.63, 3.8) is 0 Å². The third-order valence-electron chi connectivity index (χ3n) is 4.93. The van der Waals surface area contributed by atoms with Crippen molar-refractivity contribution >= 4 is 22.6 Å². The largest absolute Gasteiger partial charge is 0.422 e. The molecule has 0 saturated carbocycles. The van der Waals surface area contributed by atoms with Gasteiger partial charge in [-0.25, -0.2) is 4.79 Å². The number of aryl methyl sites for hydroxylation is 1.